The van der Waals surface area contributed by atoms with Gasteiger partial charge in [-0.3, -0.25) is 0 Å². The van der Waals surface area contributed by atoms with Gasteiger partial charge in [0.1, 0.15) is 0 Å². The molecule has 124 valence electrons. The summed E-state index contributed by atoms with van der Waals surface area (Å²) in [6.45, 7) is 8.10. The Morgan fingerprint density at radius 3 is 2.87 bits per heavy atom. The molecule has 1 nitrogen and oxygen atoms in total. The number of hydrogen-bond donors (Lipinski definition) is 0. The summed E-state index contributed by atoms with van der Waals surface area (Å²) >= 11 is 3.66. The second-order valence-electron chi connectivity index (χ2n) is 7.09. The molecule has 1 aromatic heterocycles. The van der Waals surface area contributed by atoms with Crippen LogP contribution in [0.15, 0.2) is 28.7 Å². The van der Waals surface area contributed by atoms with Crippen molar-refractivity contribution < 1.29 is 0 Å². The van der Waals surface area contributed by atoms with E-state index in [4.69, 9.17) is 0 Å². The molecule has 0 fully saturated rings. The van der Waals surface area contributed by atoms with Gasteiger partial charge in [0.25, 0.3) is 0 Å². The van der Waals surface area contributed by atoms with Crippen LogP contribution in [0.1, 0.15) is 57.7 Å². The third kappa shape index (κ3) is 3.42. The topological polar surface area (TPSA) is 4.93 Å². The van der Waals surface area contributed by atoms with Crippen LogP contribution in [-0.2, 0) is 13.0 Å². The van der Waals surface area contributed by atoms with Crippen molar-refractivity contribution in [2.45, 2.75) is 59.4 Å². The predicted molar refractivity (Wildman–Crippen MR) is 105 cm³/mol. The highest BCUT2D eigenvalue weighted by molar-refractivity contribution is 9.10. The van der Waals surface area contributed by atoms with Gasteiger partial charge in [-0.15, -0.1) is 0 Å². The van der Waals surface area contributed by atoms with Gasteiger partial charge in [0.2, 0.25) is 0 Å². The molecule has 2 atom stereocenters. The number of unbranched alkanes of at least 4 members (excludes halogenated alkanes) is 1. The van der Waals surface area contributed by atoms with Crippen molar-refractivity contribution in [2.75, 3.05) is 0 Å². The third-order valence-corrected chi connectivity index (χ3v) is 5.76. The summed E-state index contributed by atoms with van der Waals surface area (Å²) in [7, 11) is 0. The van der Waals surface area contributed by atoms with Crippen molar-refractivity contribution in [3.05, 3.63) is 40.0 Å². The normalized spacial score (nSPS) is 18.3. The second-order valence-corrected chi connectivity index (χ2v) is 8.01. The summed E-state index contributed by atoms with van der Waals surface area (Å²) in [5.41, 5.74) is 4.40. The first-order chi connectivity index (χ1) is 11.1. The molecule has 0 aliphatic heterocycles. The highest BCUT2D eigenvalue weighted by Crippen LogP contribution is 2.35. The van der Waals surface area contributed by atoms with Crippen LogP contribution in [0, 0.1) is 11.8 Å². The number of hydrogen-bond acceptors (Lipinski definition) is 0. The smallest absolute Gasteiger partial charge is 0.0488 e. The molecule has 1 aliphatic rings. The first-order valence-electron chi connectivity index (χ1n) is 9.12. The highest BCUT2D eigenvalue weighted by atomic mass is 79.9. The standard InChI is InChI=1S/C21H28BrN/c1-4-6-7-16(5-2)14-23-20-10-8-15(3)12-18(20)19-13-17(22)9-11-21(19)23/h8-11,13,15-16H,4-7,12,14H2,1-3H3. The molecule has 1 aromatic carbocycles. The molecular weight excluding hydrogens is 346 g/mol. The monoisotopic (exact) mass is 373 g/mol. The van der Waals surface area contributed by atoms with Gasteiger partial charge in [-0.05, 0) is 54.5 Å². The van der Waals surface area contributed by atoms with Gasteiger partial charge in [0.05, 0.1) is 0 Å². The van der Waals surface area contributed by atoms with Crippen LogP contribution in [0.3, 0.4) is 0 Å². The van der Waals surface area contributed by atoms with Gasteiger partial charge in [0, 0.05) is 27.6 Å². The van der Waals surface area contributed by atoms with Gasteiger partial charge in [-0.1, -0.05) is 62.0 Å². The summed E-state index contributed by atoms with van der Waals surface area (Å²) in [4.78, 5) is 0. The summed E-state index contributed by atoms with van der Waals surface area (Å²) in [6, 6.07) is 6.79. The zero-order chi connectivity index (χ0) is 16.4. The van der Waals surface area contributed by atoms with Crippen molar-refractivity contribution in [3.63, 3.8) is 0 Å². The fourth-order valence-corrected chi connectivity index (χ4v) is 4.20. The number of halogens is 1. The van der Waals surface area contributed by atoms with Crippen LogP contribution in [0.2, 0.25) is 0 Å². The Balaban J connectivity index is 2.05. The molecule has 3 rings (SSSR count). The van der Waals surface area contributed by atoms with E-state index >= 15 is 0 Å². The minimum Gasteiger partial charge on any atom is -0.340 e. The maximum Gasteiger partial charge on any atom is 0.0488 e. The molecule has 2 unspecified atom stereocenters. The van der Waals surface area contributed by atoms with Gasteiger partial charge in [-0.2, -0.15) is 0 Å². The largest absolute Gasteiger partial charge is 0.340 e. The first-order valence-corrected chi connectivity index (χ1v) is 9.92. The number of benzene rings is 1. The number of rotatable bonds is 6. The van der Waals surface area contributed by atoms with Crippen LogP contribution in [0.4, 0.5) is 0 Å². The number of nitrogens with zero attached hydrogens (tertiary/aromatic N) is 1. The quantitative estimate of drug-likeness (QED) is 0.522. The van der Waals surface area contributed by atoms with E-state index in [1.165, 1.54) is 46.8 Å². The van der Waals surface area contributed by atoms with Crippen molar-refractivity contribution in [3.8, 4) is 0 Å². The third-order valence-electron chi connectivity index (χ3n) is 5.27. The molecule has 0 amide bonds. The van der Waals surface area contributed by atoms with Crippen LogP contribution < -0.4 is 0 Å². The second kappa shape index (κ2) is 7.25. The van der Waals surface area contributed by atoms with Gasteiger partial charge >= 0.3 is 0 Å². The zero-order valence-corrected chi connectivity index (χ0v) is 16.2. The fourth-order valence-electron chi connectivity index (χ4n) is 3.84. The Morgan fingerprint density at radius 2 is 2.13 bits per heavy atom. The van der Waals surface area contributed by atoms with E-state index in [1.807, 2.05) is 0 Å². The maximum atomic E-state index is 3.66. The molecule has 0 saturated heterocycles. The first kappa shape index (κ1) is 16.8. The molecule has 23 heavy (non-hydrogen) atoms. The Bertz CT molecular complexity index is 710. The summed E-state index contributed by atoms with van der Waals surface area (Å²) in [5, 5.41) is 1.44. The average Bonchev–Trinajstić information content (AvgIpc) is 2.84. The molecule has 2 heteroatoms. The molecule has 0 radical (unpaired) electrons. The van der Waals surface area contributed by atoms with Crippen LogP contribution in [0.5, 0.6) is 0 Å². The molecule has 0 spiro atoms. The molecular formula is C21H28BrN. The van der Waals surface area contributed by atoms with Gasteiger partial charge in [-0.25, -0.2) is 0 Å². The Labute approximate surface area is 148 Å². The molecule has 1 heterocycles. The van der Waals surface area contributed by atoms with E-state index < -0.39 is 0 Å². The molecule has 0 N–H and O–H groups in total. The van der Waals surface area contributed by atoms with E-state index in [2.05, 4.69) is 71.6 Å². The zero-order valence-electron chi connectivity index (χ0n) is 14.6. The number of fused-ring (bicyclic) bond motifs is 3. The SMILES string of the molecule is CCCCC(CC)Cn1c2c(c3cc(Br)ccc31)CC(C)C=C2. The lowest BCUT2D eigenvalue weighted by atomic mass is 9.93. The lowest BCUT2D eigenvalue weighted by Gasteiger charge is -2.20. The lowest BCUT2D eigenvalue weighted by molar-refractivity contribution is 0.395. The van der Waals surface area contributed by atoms with Crippen molar-refractivity contribution in [2.24, 2.45) is 11.8 Å². The van der Waals surface area contributed by atoms with Crippen LogP contribution in [0.25, 0.3) is 17.0 Å². The van der Waals surface area contributed by atoms with Crippen LogP contribution in [-0.4, -0.2) is 4.57 Å². The number of aromatic nitrogens is 1. The van der Waals surface area contributed by atoms with Crippen molar-refractivity contribution in [1.29, 1.82) is 0 Å². The molecule has 0 saturated carbocycles. The molecule has 2 aromatic rings. The van der Waals surface area contributed by atoms with E-state index in [0.29, 0.717) is 5.92 Å². The van der Waals surface area contributed by atoms with E-state index in [9.17, 15) is 0 Å². The van der Waals surface area contributed by atoms with Gasteiger partial charge < -0.3 is 4.57 Å². The summed E-state index contributed by atoms with van der Waals surface area (Å²) < 4.78 is 3.77. The summed E-state index contributed by atoms with van der Waals surface area (Å²) in [5.74, 6) is 1.42. The Hall–Kier alpha value is -1.02. The van der Waals surface area contributed by atoms with Crippen LogP contribution >= 0.6 is 15.9 Å². The van der Waals surface area contributed by atoms with E-state index in [1.54, 1.807) is 5.56 Å². The Kier molecular flexibility index (Phi) is 5.31. The molecule has 0 bridgehead atoms. The fraction of sp³-hybridized carbons (Fsp3) is 0.524. The average molecular weight is 374 g/mol. The lowest BCUT2D eigenvalue weighted by Crippen LogP contribution is -2.13. The minimum absolute atomic E-state index is 0.641. The van der Waals surface area contributed by atoms with Crippen molar-refractivity contribution >= 4 is 32.9 Å². The highest BCUT2D eigenvalue weighted by Gasteiger charge is 2.21. The summed E-state index contributed by atoms with van der Waals surface area (Å²) in [6.07, 6.45) is 11.2. The van der Waals surface area contributed by atoms with Gasteiger partial charge in [0.15, 0.2) is 0 Å². The maximum absolute atomic E-state index is 3.66. The number of allylic oxidation sites excluding steroid dienone is 1. The van der Waals surface area contributed by atoms with E-state index in [-0.39, 0.29) is 0 Å². The van der Waals surface area contributed by atoms with E-state index in [0.717, 1.165) is 18.9 Å². The Morgan fingerprint density at radius 1 is 1.30 bits per heavy atom. The van der Waals surface area contributed by atoms with Crippen molar-refractivity contribution in [1.82, 2.24) is 4.57 Å². The molecule has 1 aliphatic carbocycles. The minimum atomic E-state index is 0.641. The predicted octanol–water partition coefficient (Wildman–Crippen LogP) is 6.83.